The van der Waals surface area contributed by atoms with E-state index in [1.807, 2.05) is 0 Å². The third-order valence-electron chi connectivity index (χ3n) is 2.54. The normalized spacial score (nSPS) is 12.2. The number of esters is 2. The number of hydrogen-bond donors (Lipinski definition) is 2. The van der Waals surface area contributed by atoms with Gasteiger partial charge in [0.05, 0.1) is 14.2 Å². The van der Waals surface area contributed by atoms with E-state index in [-0.39, 0.29) is 5.69 Å². The van der Waals surface area contributed by atoms with Crippen molar-refractivity contribution >= 4 is 18.0 Å². The molecule has 22 heavy (non-hydrogen) atoms. The number of carbonyl (C=O) groups is 3. The molecule has 8 nitrogen and oxygen atoms in total. The van der Waals surface area contributed by atoms with Gasteiger partial charge in [-0.2, -0.15) is 0 Å². The molecule has 0 aliphatic carbocycles. The molecular weight excluding hydrogens is 292 g/mol. The second-order valence-electron chi connectivity index (χ2n) is 5.44. The summed E-state index contributed by atoms with van der Waals surface area (Å²) in [6.07, 6.45) is 0.634. The lowest BCUT2D eigenvalue weighted by atomic mass is 10.1. The van der Waals surface area contributed by atoms with E-state index in [0.29, 0.717) is 5.56 Å². The van der Waals surface area contributed by atoms with Crippen molar-refractivity contribution in [3.63, 3.8) is 0 Å². The molecular formula is C14H20N2O6. The largest absolute Gasteiger partial charge is 0.467 e. The number of aromatic nitrogens is 1. The van der Waals surface area contributed by atoms with Crippen LogP contribution >= 0.6 is 0 Å². The molecule has 1 atom stereocenters. The van der Waals surface area contributed by atoms with Crippen LogP contribution in [-0.2, 0) is 19.0 Å². The molecule has 1 aromatic heterocycles. The fourth-order valence-electron chi connectivity index (χ4n) is 1.63. The highest BCUT2D eigenvalue weighted by Gasteiger charge is 2.28. The number of H-pyrrole nitrogens is 1. The summed E-state index contributed by atoms with van der Waals surface area (Å²) < 4.78 is 14.3. The van der Waals surface area contributed by atoms with Crippen LogP contribution in [-0.4, -0.2) is 42.8 Å². The monoisotopic (exact) mass is 312 g/mol. The number of amides is 1. The molecule has 122 valence electrons. The van der Waals surface area contributed by atoms with Crippen molar-refractivity contribution in [3.8, 4) is 0 Å². The summed E-state index contributed by atoms with van der Waals surface area (Å²) in [5, 5.41) is 2.40. The van der Waals surface area contributed by atoms with Gasteiger partial charge in [0.25, 0.3) is 0 Å². The average molecular weight is 312 g/mol. The Bertz CT molecular complexity index is 558. The lowest BCUT2D eigenvalue weighted by Gasteiger charge is -2.22. The Labute approximate surface area is 128 Å². The summed E-state index contributed by atoms with van der Waals surface area (Å²) in [5.41, 5.74) is -0.212. The van der Waals surface area contributed by atoms with E-state index in [9.17, 15) is 14.4 Å². The van der Waals surface area contributed by atoms with E-state index in [1.54, 1.807) is 20.8 Å². The standard InChI is InChI=1S/C14H20N2O6/c1-14(2,3)22-13(19)16-10(12(18)21-5)8-6-9(15-7-8)11(17)20-4/h6-7,10,15H,1-5H3,(H,16,19)/t10-/m0/s1. The summed E-state index contributed by atoms with van der Waals surface area (Å²) in [6.45, 7) is 5.10. The molecule has 0 aromatic carbocycles. The Morgan fingerprint density at radius 1 is 1.18 bits per heavy atom. The Balaban J connectivity index is 2.94. The summed E-state index contributed by atoms with van der Waals surface area (Å²) >= 11 is 0. The van der Waals surface area contributed by atoms with Gasteiger partial charge >= 0.3 is 18.0 Å². The van der Waals surface area contributed by atoms with Gasteiger partial charge in [-0.3, -0.25) is 0 Å². The van der Waals surface area contributed by atoms with Crippen LogP contribution in [0.2, 0.25) is 0 Å². The number of nitrogens with one attached hydrogen (secondary N) is 2. The van der Waals surface area contributed by atoms with Crippen LogP contribution in [0.5, 0.6) is 0 Å². The summed E-state index contributed by atoms with van der Waals surface area (Å²) in [4.78, 5) is 37.7. The van der Waals surface area contributed by atoms with Crippen molar-refractivity contribution in [1.29, 1.82) is 0 Å². The van der Waals surface area contributed by atoms with Gasteiger partial charge in [0.15, 0.2) is 6.04 Å². The number of alkyl carbamates (subject to hydrolysis) is 1. The quantitative estimate of drug-likeness (QED) is 0.645. The van der Waals surface area contributed by atoms with Crippen molar-refractivity contribution in [2.24, 2.45) is 0 Å². The first-order valence-electron chi connectivity index (χ1n) is 6.52. The first-order chi connectivity index (χ1) is 10.2. The molecule has 0 aliphatic heterocycles. The topological polar surface area (TPSA) is 107 Å². The first kappa shape index (κ1) is 17.5. The van der Waals surface area contributed by atoms with Crippen molar-refractivity contribution in [3.05, 3.63) is 23.5 Å². The fourth-order valence-corrected chi connectivity index (χ4v) is 1.63. The lowest BCUT2D eigenvalue weighted by Crippen LogP contribution is -2.38. The number of rotatable bonds is 4. The second kappa shape index (κ2) is 6.97. The van der Waals surface area contributed by atoms with E-state index in [1.165, 1.54) is 26.5 Å². The van der Waals surface area contributed by atoms with Crippen LogP contribution in [0.15, 0.2) is 12.3 Å². The highest BCUT2D eigenvalue weighted by Crippen LogP contribution is 2.18. The van der Waals surface area contributed by atoms with Gasteiger partial charge in [-0.1, -0.05) is 0 Å². The summed E-state index contributed by atoms with van der Waals surface area (Å²) in [7, 11) is 2.43. The Hall–Kier alpha value is -2.51. The molecule has 1 rings (SSSR count). The molecule has 0 radical (unpaired) electrons. The van der Waals surface area contributed by atoms with Crippen LogP contribution in [0.25, 0.3) is 0 Å². The summed E-state index contributed by atoms with van der Waals surface area (Å²) in [5.74, 6) is -1.28. The molecule has 0 spiro atoms. The van der Waals surface area contributed by atoms with E-state index < -0.39 is 29.7 Å². The van der Waals surface area contributed by atoms with Gasteiger partial charge in [-0.15, -0.1) is 0 Å². The van der Waals surface area contributed by atoms with Gasteiger partial charge in [0.1, 0.15) is 11.3 Å². The maximum absolute atomic E-state index is 11.8. The van der Waals surface area contributed by atoms with Gasteiger partial charge in [-0.05, 0) is 26.8 Å². The second-order valence-corrected chi connectivity index (χ2v) is 5.44. The number of aromatic amines is 1. The van der Waals surface area contributed by atoms with E-state index in [0.717, 1.165) is 0 Å². The molecule has 0 aliphatic rings. The van der Waals surface area contributed by atoms with Gasteiger partial charge in [0, 0.05) is 11.8 Å². The van der Waals surface area contributed by atoms with E-state index in [2.05, 4.69) is 19.8 Å². The van der Waals surface area contributed by atoms with Crippen LogP contribution in [0.3, 0.4) is 0 Å². The minimum atomic E-state index is -1.10. The van der Waals surface area contributed by atoms with Crippen molar-refractivity contribution in [1.82, 2.24) is 10.3 Å². The van der Waals surface area contributed by atoms with E-state index in [4.69, 9.17) is 4.74 Å². The van der Waals surface area contributed by atoms with Gasteiger partial charge in [-0.25, -0.2) is 14.4 Å². The zero-order valence-corrected chi connectivity index (χ0v) is 13.2. The van der Waals surface area contributed by atoms with Gasteiger partial charge in [0.2, 0.25) is 0 Å². The van der Waals surface area contributed by atoms with Crippen LogP contribution in [0.1, 0.15) is 42.9 Å². The van der Waals surface area contributed by atoms with Crippen LogP contribution in [0, 0.1) is 0 Å². The first-order valence-corrected chi connectivity index (χ1v) is 6.52. The molecule has 2 N–H and O–H groups in total. The SMILES string of the molecule is COC(=O)c1cc([C@H](NC(=O)OC(C)(C)C)C(=O)OC)c[nH]1. The predicted molar refractivity (Wildman–Crippen MR) is 76.3 cm³/mol. The zero-order chi connectivity index (χ0) is 16.9. The number of carbonyl (C=O) groups excluding carboxylic acids is 3. The van der Waals surface area contributed by atoms with Crippen molar-refractivity contribution in [2.45, 2.75) is 32.4 Å². The molecule has 1 amide bonds. The summed E-state index contributed by atoms with van der Waals surface area (Å²) in [6, 6.07) is 0.291. The molecule has 0 bridgehead atoms. The molecule has 1 aromatic rings. The zero-order valence-electron chi connectivity index (χ0n) is 13.2. The Kier molecular flexibility index (Phi) is 5.56. The highest BCUT2D eigenvalue weighted by atomic mass is 16.6. The van der Waals surface area contributed by atoms with Crippen LogP contribution in [0.4, 0.5) is 4.79 Å². The third kappa shape index (κ3) is 4.80. The molecule has 0 saturated heterocycles. The number of hydrogen-bond acceptors (Lipinski definition) is 6. The average Bonchev–Trinajstić information content (AvgIpc) is 2.90. The highest BCUT2D eigenvalue weighted by molar-refractivity contribution is 5.89. The third-order valence-corrected chi connectivity index (χ3v) is 2.54. The minimum absolute atomic E-state index is 0.150. The lowest BCUT2D eigenvalue weighted by molar-refractivity contribution is -0.143. The van der Waals surface area contributed by atoms with Crippen molar-refractivity contribution in [2.75, 3.05) is 14.2 Å². The predicted octanol–water partition coefficient (Wildman–Crippen LogP) is 1.54. The molecule has 1 heterocycles. The van der Waals surface area contributed by atoms with Crippen molar-refractivity contribution < 1.29 is 28.6 Å². The minimum Gasteiger partial charge on any atom is -0.467 e. The Morgan fingerprint density at radius 3 is 2.32 bits per heavy atom. The van der Waals surface area contributed by atoms with Gasteiger partial charge < -0.3 is 24.5 Å². The number of methoxy groups -OCH3 is 2. The maximum atomic E-state index is 11.8. The molecule has 0 saturated carbocycles. The van der Waals surface area contributed by atoms with E-state index >= 15 is 0 Å². The smallest absolute Gasteiger partial charge is 0.408 e. The Morgan fingerprint density at radius 2 is 1.82 bits per heavy atom. The molecule has 0 unspecified atom stereocenters. The molecule has 0 fully saturated rings. The number of ether oxygens (including phenoxy) is 3. The molecule has 8 heteroatoms. The maximum Gasteiger partial charge on any atom is 0.408 e. The fraction of sp³-hybridized carbons (Fsp3) is 0.500. The van der Waals surface area contributed by atoms with Crippen LogP contribution < -0.4 is 5.32 Å².